The molecule has 0 aliphatic carbocycles. The number of piperidine rings is 1. The molecule has 3 heterocycles. The molecular formula is C17H24N4O3S. The van der Waals surface area contributed by atoms with Gasteiger partial charge in [-0.25, -0.2) is 4.98 Å². The van der Waals surface area contributed by atoms with E-state index in [1.54, 1.807) is 18.4 Å². The lowest BCUT2D eigenvalue weighted by Crippen LogP contribution is -2.39. The minimum atomic E-state index is -0.134. The number of rotatable bonds is 6. The normalized spacial score (nSPS) is 17.9. The van der Waals surface area contributed by atoms with Crippen LogP contribution in [0.5, 0.6) is 0 Å². The van der Waals surface area contributed by atoms with Crippen LogP contribution in [0, 0.1) is 13.8 Å². The van der Waals surface area contributed by atoms with Crippen molar-refractivity contribution in [3.05, 3.63) is 27.3 Å². The molecule has 8 heteroatoms. The summed E-state index contributed by atoms with van der Waals surface area (Å²) < 4.78 is 10.5. The molecule has 0 N–H and O–H groups in total. The number of ether oxygens (including phenoxy) is 1. The highest BCUT2D eigenvalue weighted by atomic mass is 32.1. The Morgan fingerprint density at radius 3 is 2.92 bits per heavy atom. The van der Waals surface area contributed by atoms with Crippen LogP contribution in [0.3, 0.4) is 0 Å². The van der Waals surface area contributed by atoms with Crippen LogP contribution < -0.4 is 0 Å². The number of hydrogen-bond acceptors (Lipinski definition) is 7. The van der Waals surface area contributed by atoms with Crippen molar-refractivity contribution >= 4 is 17.2 Å². The number of likely N-dealkylation sites (tertiary alicyclic amines) is 1. The molecule has 1 aliphatic heterocycles. The van der Waals surface area contributed by atoms with Crippen LogP contribution in [-0.2, 0) is 22.4 Å². The molecule has 0 spiro atoms. The molecular weight excluding hydrogens is 340 g/mol. The lowest BCUT2D eigenvalue weighted by atomic mass is 10.0. The minimum Gasteiger partial charge on any atom is -0.384 e. The van der Waals surface area contributed by atoms with E-state index in [4.69, 9.17) is 9.26 Å². The summed E-state index contributed by atoms with van der Waals surface area (Å²) in [5, 5.41) is 5.00. The Kier molecular flexibility index (Phi) is 5.80. The second-order valence-corrected chi connectivity index (χ2v) is 7.71. The van der Waals surface area contributed by atoms with Crippen molar-refractivity contribution in [2.24, 2.45) is 0 Å². The molecule has 2 aromatic rings. The maximum atomic E-state index is 12.9. The highest BCUT2D eigenvalue weighted by Crippen LogP contribution is 2.31. The van der Waals surface area contributed by atoms with E-state index < -0.39 is 0 Å². The number of carbonyl (C=O) groups is 1. The van der Waals surface area contributed by atoms with Gasteiger partial charge in [-0.3, -0.25) is 4.79 Å². The van der Waals surface area contributed by atoms with Crippen LogP contribution in [0.4, 0.5) is 0 Å². The molecule has 1 saturated heterocycles. The molecule has 25 heavy (non-hydrogen) atoms. The van der Waals surface area contributed by atoms with Gasteiger partial charge in [0.2, 0.25) is 11.8 Å². The van der Waals surface area contributed by atoms with Gasteiger partial charge >= 0.3 is 0 Å². The van der Waals surface area contributed by atoms with Gasteiger partial charge in [-0.2, -0.15) is 4.98 Å². The number of carbonyl (C=O) groups excluding carboxylic acids is 1. The molecule has 1 atom stereocenters. The third-order valence-electron chi connectivity index (χ3n) is 4.44. The molecule has 7 nitrogen and oxygen atoms in total. The largest absolute Gasteiger partial charge is 0.384 e. The quantitative estimate of drug-likeness (QED) is 0.784. The minimum absolute atomic E-state index is 0.0785. The first kappa shape index (κ1) is 18.0. The van der Waals surface area contributed by atoms with Gasteiger partial charge in [0.15, 0.2) is 5.82 Å². The van der Waals surface area contributed by atoms with Crippen LogP contribution in [-0.4, -0.2) is 46.2 Å². The van der Waals surface area contributed by atoms with Crippen molar-refractivity contribution < 1.29 is 14.1 Å². The van der Waals surface area contributed by atoms with Crippen LogP contribution in [0.1, 0.15) is 52.6 Å². The van der Waals surface area contributed by atoms with Crippen molar-refractivity contribution in [2.75, 3.05) is 20.3 Å². The molecule has 0 saturated carbocycles. The molecule has 1 amide bonds. The summed E-state index contributed by atoms with van der Waals surface area (Å²) in [6.07, 6.45) is 3.85. The molecule has 1 fully saturated rings. The standard InChI is InChI=1S/C17H24N4O3S/c1-11-13(18-12(2)25-11)10-16(22)21-8-5-4-6-14(21)17-19-15(20-24-17)7-9-23-3/h14H,4-10H2,1-3H3/t14-/m0/s1. The molecule has 136 valence electrons. The number of aryl methyl sites for hydroxylation is 2. The van der Waals surface area contributed by atoms with Crippen molar-refractivity contribution in [3.8, 4) is 0 Å². The number of amides is 1. The fourth-order valence-corrected chi connectivity index (χ4v) is 4.00. The highest BCUT2D eigenvalue weighted by molar-refractivity contribution is 7.11. The zero-order valence-corrected chi connectivity index (χ0v) is 15.8. The highest BCUT2D eigenvalue weighted by Gasteiger charge is 2.32. The van der Waals surface area contributed by atoms with E-state index in [1.807, 2.05) is 18.7 Å². The molecule has 0 bridgehead atoms. The Morgan fingerprint density at radius 2 is 2.20 bits per heavy atom. The van der Waals surface area contributed by atoms with Crippen molar-refractivity contribution in [1.29, 1.82) is 0 Å². The smallest absolute Gasteiger partial charge is 0.249 e. The van der Waals surface area contributed by atoms with E-state index in [2.05, 4.69) is 15.1 Å². The van der Waals surface area contributed by atoms with Gasteiger partial charge in [-0.15, -0.1) is 11.3 Å². The van der Waals surface area contributed by atoms with Gasteiger partial charge in [-0.1, -0.05) is 5.16 Å². The first-order valence-corrected chi connectivity index (χ1v) is 9.44. The van der Waals surface area contributed by atoms with Gasteiger partial charge in [0.05, 0.1) is 23.7 Å². The number of thiazole rings is 1. The van der Waals surface area contributed by atoms with Crippen LogP contribution in [0.2, 0.25) is 0 Å². The van der Waals surface area contributed by atoms with Crippen LogP contribution in [0.25, 0.3) is 0 Å². The summed E-state index contributed by atoms with van der Waals surface area (Å²) in [5.41, 5.74) is 0.878. The maximum absolute atomic E-state index is 12.9. The van der Waals surface area contributed by atoms with Crippen LogP contribution in [0.15, 0.2) is 4.52 Å². The van der Waals surface area contributed by atoms with Crippen molar-refractivity contribution in [3.63, 3.8) is 0 Å². The predicted octanol–water partition coefficient (Wildman–Crippen LogP) is 2.63. The van der Waals surface area contributed by atoms with Gasteiger partial charge in [-0.05, 0) is 33.1 Å². The lowest BCUT2D eigenvalue weighted by molar-refractivity contribution is -0.135. The van der Waals surface area contributed by atoms with Crippen molar-refractivity contribution in [2.45, 2.75) is 52.0 Å². The lowest BCUT2D eigenvalue weighted by Gasteiger charge is -2.33. The monoisotopic (exact) mass is 364 g/mol. The van der Waals surface area contributed by atoms with E-state index in [-0.39, 0.29) is 11.9 Å². The maximum Gasteiger partial charge on any atom is 0.249 e. The Morgan fingerprint density at radius 1 is 1.36 bits per heavy atom. The molecule has 1 aliphatic rings. The third-order valence-corrected chi connectivity index (χ3v) is 5.37. The second-order valence-electron chi connectivity index (χ2n) is 6.30. The summed E-state index contributed by atoms with van der Waals surface area (Å²) >= 11 is 1.63. The Hall–Kier alpha value is -1.80. The Labute approximate surface area is 151 Å². The molecule has 3 rings (SSSR count). The molecule has 2 aromatic heterocycles. The summed E-state index contributed by atoms with van der Waals surface area (Å²) in [4.78, 5) is 24.8. The van der Waals surface area contributed by atoms with E-state index in [9.17, 15) is 4.79 Å². The molecule has 0 unspecified atom stereocenters. The summed E-state index contributed by atoms with van der Waals surface area (Å²) in [6, 6.07) is -0.134. The van der Waals surface area contributed by atoms with Crippen LogP contribution >= 0.6 is 11.3 Å². The number of hydrogen-bond donors (Lipinski definition) is 0. The first-order valence-electron chi connectivity index (χ1n) is 8.62. The van der Waals surface area contributed by atoms with E-state index in [0.717, 1.165) is 41.4 Å². The summed E-state index contributed by atoms with van der Waals surface area (Å²) in [6.45, 7) is 5.26. The van der Waals surface area contributed by atoms with Crippen molar-refractivity contribution in [1.82, 2.24) is 20.0 Å². The summed E-state index contributed by atoms with van der Waals surface area (Å²) in [5.74, 6) is 1.24. The predicted molar refractivity (Wildman–Crippen MR) is 93.5 cm³/mol. The zero-order chi connectivity index (χ0) is 17.8. The average molecular weight is 364 g/mol. The van der Waals surface area contributed by atoms with Gasteiger partial charge in [0.25, 0.3) is 0 Å². The number of aromatic nitrogens is 3. The Balaban J connectivity index is 1.72. The third kappa shape index (κ3) is 4.24. The molecule has 0 aromatic carbocycles. The number of nitrogens with zero attached hydrogens (tertiary/aromatic N) is 4. The Bertz CT molecular complexity index is 727. The first-order chi connectivity index (χ1) is 12.1. The number of methoxy groups -OCH3 is 1. The fourth-order valence-electron chi connectivity index (χ4n) is 3.17. The zero-order valence-electron chi connectivity index (χ0n) is 14.9. The topological polar surface area (TPSA) is 81.4 Å². The van der Waals surface area contributed by atoms with Gasteiger partial charge in [0, 0.05) is 25.0 Å². The average Bonchev–Trinajstić information content (AvgIpc) is 3.19. The van der Waals surface area contributed by atoms with Gasteiger partial charge < -0.3 is 14.2 Å². The van der Waals surface area contributed by atoms with E-state index in [0.29, 0.717) is 31.2 Å². The SMILES string of the molecule is COCCc1noc([C@@H]2CCCCN2C(=O)Cc2nc(C)sc2C)n1. The summed E-state index contributed by atoms with van der Waals surface area (Å²) in [7, 11) is 1.64. The second kappa shape index (κ2) is 8.05. The van der Waals surface area contributed by atoms with Gasteiger partial charge in [0.1, 0.15) is 6.04 Å². The fraction of sp³-hybridized carbons (Fsp3) is 0.647. The van der Waals surface area contributed by atoms with E-state index in [1.165, 1.54) is 0 Å². The van der Waals surface area contributed by atoms with E-state index >= 15 is 0 Å². The molecule has 0 radical (unpaired) electrons.